The van der Waals surface area contributed by atoms with Gasteiger partial charge < -0.3 is 30.3 Å². The predicted molar refractivity (Wildman–Crippen MR) is 140 cm³/mol. The van der Waals surface area contributed by atoms with Crippen molar-refractivity contribution in [3.05, 3.63) is 53.6 Å². The van der Waals surface area contributed by atoms with Gasteiger partial charge in [0.05, 0.1) is 12.6 Å². The lowest BCUT2D eigenvalue weighted by Crippen LogP contribution is -2.38. The maximum Gasteiger partial charge on any atom is 0.422 e. The summed E-state index contributed by atoms with van der Waals surface area (Å²) < 4.78 is 48.7. The molecule has 1 atom stereocenters. The summed E-state index contributed by atoms with van der Waals surface area (Å²) in [7, 11) is 0. The first-order valence-corrected chi connectivity index (χ1v) is 12.7. The first-order valence-electron chi connectivity index (χ1n) is 12.7. The monoisotopic (exact) mass is 561 g/mol. The van der Waals surface area contributed by atoms with Crippen molar-refractivity contribution in [2.75, 3.05) is 43.5 Å². The van der Waals surface area contributed by atoms with Crippen molar-refractivity contribution in [2.45, 2.75) is 38.5 Å². The van der Waals surface area contributed by atoms with Crippen molar-refractivity contribution in [1.82, 2.24) is 25.2 Å². The van der Waals surface area contributed by atoms with Gasteiger partial charge in [0.2, 0.25) is 17.8 Å². The van der Waals surface area contributed by atoms with Crippen molar-refractivity contribution in [1.29, 1.82) is 0 Å². The zero-order valence-electron chi connectivity index (χ0n) is 21.8. The fraction of sp³-hybridized carbons (Fsp3) is 0.423. The number of carbonyl (C=O) groups is 2. The van der Waals surface area contributed by atoms with Crippen LogP contribution in [0.5, 0.6) is 11.8 Å². The number of carbonyl (C=O) groups excluding carboxylic acids is 2. The van der Waals surface area contributed by atoms with Crippen molar-refractivity contribution < 1.29 is 32.2 Å². The van der Waals surface area contributed by atoms with Crippen molar-refractivity contribution in [2.24, 2.45) is 0 Å². The Morgan fingerprint density at radius 3 is 2.60 bits per heavy atom. The largest absolute Gasteiger partial charge is 0.494 e. The highest BCUT2D eigenvalue weighted by Crippen LogP contribution is 2.21. The molecule has 0 saturated heterocycles. The second-order valence-corrected chi connectivity index (χ2v) is 9.14. The summed E-state index contributed by atoms with van der Waals surface area (Å²) in [5, 5.41) is 8.83. The summed E-state index contributed by atoms with van der Waals surface area (Å²) in [6.45, 7) is 1.76. The van der Waals surface area contributed by atoms with Crippen molar-refractivity contribution in [3.8, 4) is 11.8 Å². The second kappa shape index (κ2) is 13.1. The third kappa shape index (κ3) is 8.85. The van der Waals surface area contributed by atoms with E-state index in [-0.39, 0.29) is 42.8 Å². The normalized spacial score (nSPS) is 18.6. The molecule has 5 heterocycles. The average Bonchev–Trinajstić information content (AvgIpc) is 2.92. The molecule has 1 aliphatic carbocycles. The molecule has 40 heavy (non-hydrogen) atoms. The number of alkyl halides is 3. The molecule has 3 N–H and O–H groups in total. The zero-order chi connectivity index (χ0) is 28.5. The van der Waals surface area contributed by atoms with Crippen LogP contribution in [0.15, 0.2) is 48.1 Å². The van der Waals surface area contributed by atoms with Crippen LogP contribution in [-0.2, 0) is 16.1 Å². The fourth-order valence-corrected chi connectivity index (χ4v) is 3.94. The van der Waals surface area contributed by atoms with Crippen LogP contribution in [0, 0.1) is 0 Å². The number of ether oxygens (including phenoxy) is 2. The predicted octanol–water partition coefficient (Wildman–Crippen LogP) is 2.84. The molecule has 0 saturated carbocycles. The maximum atomic E-state index is 12.7. The summed E-state index contributed by atoms with van der Waals surface area (Å²) in [6, 6.07) is 6.44. The van der Waals surface area contributed by atoms with Gasteiger partial charge in [-0.25, -0.2) is 0 Å². The molecule has 2 aromatic rings. The fourth-order valence-electron chi connectivity index (χ4n) is 3.94. The van der Waals surface area contributed by atoms with E-state index in [1.54, 1.807) is 35.3 Å². The third-order valence-corrected chi connectivity index (χ3v) is 5.98. The van der Waals surface area contributed by atoms with E-state index < -0.39 is 18.8 Å². The molecular weight excluding hydrogens is 531 g/mol. The van der Waals surface area contributed by atoms with Crippen LogP contribution in [0.1, 0.15) is 25.3 Å². The molecule has 1 aromatic heterocycles. The number of hydrogen-bond donors (Lipinski definition) is 3. The maximum absolute atomic E-state index is 12.7. The summed E-state index contributed by atoms with van der Waals surface area (Å²) in [6.07, 6.45) is 1.55. The molecule has 2 amide bonds. The molecule has 1 unspecified atom stereocenters. The minimum Gasteiger partial charge on any atom is -0.494 e. The number of rotatable bonds is 2. The Hall–Kier alpha value is -4.36. The zero-order valence-corrected chi connectivity index (χ0v) is 21.8. The van der Waals surface area contributed by atoms with Crippen LogP contribution in [-0.4, -0.2) is 76.7 Å². The van der Waals surface area contributed by atoms with Gasteiger partial charge in [0, 0.05) is 38.7 Å². The molecule has 0 fully saturated rings. The SMILES string of the molecule is CC(=O)N1CCCOc2ccc(cc2)CNc2nc(nc(OCC(F)(F)F)n2)NC2C=CC(=CC2)C(=O)NCC1. The number of benzene rings is 1. The van der Waals surface area contributed by atoms with Gasteiger partial charge >= 0.3 is 12.2 Å². The van der Waals surface area contributed by atoms with Gasteiger partial charge in [-0.1, -0.05) is 30.4 Å². The summed E-state index contributed by atoms with van der Waals surface area (Å²) in [4.78, 5) is 38.5. The lowest BCUT2D eigenvalue weighted by atomic mass is 10.0. The molecule has 0 radical (unpaired) electrons. The minimum absolute atomic E-state index is 0.0112. The van der Waals surface area contributed by atoms with Gasteiger partial charge in [-0.2, -0.15) is 28.1 Å². The van der Waals surface area contributed by atoms with Gasteiger partial charge in [-0.05, 0) is 30.5 Å². The Labute approximate surface area is 228 Å². The summed E-state index contributed by atoms with van der Waals surface area (Å²) in [5.41, 5.74) is 1.31. The lowest BCUT2D eigenvalue weighted by molar-refractivity contribution is -0.154. The van der Waals surface area contributed by atoms with E-state index in [0.717, 1.165) is 5.56 Å². The number of nitrogens with one attached hydrogen (secondary N) is 3. The number of amides is 2. The summed E-state index contributed by atoms with van der Waals surface area (Å²) >= 11 is 0. The smallest absolute Gasteiger partial charge is 0.422 e. The number of hydrogen-bond acceptors (Lipinski definition) is 9. The van der Waals surface area contributed by atoms with Gasteiger partial charge in [-0.15, -0.1) is 0 Å². The van der Waals surface area contributed by atoms with Crippen LogP contribution in [0.3, 0.4) is 0 Å². The molecule has 6 bridgehead atoms. The van der Waals surface area contributed by atoms with E-state index in [1.165, 1.54) is 6.92 Å². The Balaban J connectivity index is 1.53. The van der Waals surface area contributed by atoms with E-state index in [4.69, 9.17) is 9.47 Å². The Morgan fingerprint density at radius 2 is 1.90 bits per heavy atom. The van der Waals surface area contributed by atoms with E-state index in [2.05, 4.69) is 30.9 Å². The number of aromatic nitrogens is 3. The molecule has 7 rings (SSSR count). The van der Waals surface area contributed by atoms with Crippen LogP contribution in [0.2, 0.25) is 0 Å². The molecule has 0 spiro atoms. The highest BCUT2D eigenvalue weighted by atomic mass is 19.4. The van der Waals surface area contributed by atoms with Crippen molar-refractivity contribution in [3.63, 3.8) is 0 Å². The quantitative estimate of drug-likeness (QED) is 0.507. The molecule has 11 nitrogen and oxygen atoms in total. The van der Waals surface area contributed by atoms with E-state index >= 15 is 0 Å². The molecule has 4 aliphatic heterocycles. The Bertz CT molecular complexity index is 1250. The summed E-state index contributed by atoms with van der Waals surface area (Å²) in [5.74, 6) is 0.317. The minimum atomic E-state index is -4.56. The topological polar surface area (TPSA) is 131 Å². The first kappa shape index (κ1) is 28.6. The lowest BCUT2D eigenvalue weighted by Gasteiger charge is -2.22. The average molecular weight is 562 g/mol. The van der Waals surface area contributed by atoms with Crippen LogP contribution >= 0.6 is 0 Å². The van der Waals surface area contributed by atoms with Gasteiger partial charge in [0.1, 0.15) is 5.75 Å². The standard InChI is InChI=1S/C26H30F3N7O4/c1-17(37)36-12-2-14-39-21-9-3-18(4-10-21)15-31-23-33-24(35-25(34-23)40-16-26(27,28)29)32-20-7-5-19(6-8-20)22(38)30-11-13-36/h3-7,9-10,20H,2,8,11-16H2,1H3,(H,30,38)(H2,31,32,33,34,35). The highest BCUT2D eigenvalue weighted by molar-refractivity contribution is 5.96. The third-order valence-electron chi connectivity index (χ3n) is 5.98. The van der Waals surface area contributed by atoms with Gasteiger partial charge in [-0.3, -0.25) is 9.59 Å². The molecule has 14 heteroatoms. The number of nitrogens with zero attached hydrogens (tertiary/aromatic N) is 4. The van der Waals surface area contributed by atoms with Gasteiger partial charge in [0.15, 0.2) is 6.61 Å². The molecular formula is C26H30F3N7O4. The molecule has 214 valence electrons. The van der Waals surface area contributed by atoms with Crippen LogP contribution in [0.4, 0.5) is 25.1 Å². The number of halogens is 3. The second-order valence-electron chi connectivity index (χ2n) is 9.14. The van der Waals surface area contributed by atoms with E-state index in [1.807, 2.05) is 12.1 Å². The van der Waals surface area contributed by atoms with E-state index in [0.29, 0.717) is 43.9 Å². The number of anilines is 2. The first-order chi connectivity index (χ1) is 19.1. The van der Waals surface area contributed by atoms with Crippen LogP contribution < -0.4 is 25.4 Å². The van der Waals surface area contributed by atoms with Gasteiger partial charge in [0.25, 0.3) is 5.91 Å². The molecule has 5 aliphatic rings. The van der Waals surface area contributed by atoms with Crippen LogP contribution in [0.25, 0.3) is 0 Å². The van der Waals surface area contributed by atoms with Crippen molar-refractivity contribution >= 4 is 23.7 Å². The Kier molecular flexibility index (Phi) is 9.40. The molecule has 1 aromatic carbocycles. The highest BCUT2D eigenvalue weighted by Gasteiger charge is 2.29. The van der Waals surface area contributed by atoms with E-state index in [9.17, 15) is 22.8 Å². The Morgan fingerprint density at radius 1 is 1.12 bits per heavy atom.